The minimum absolute atomic E-state index is 0.0249. The Kier molecular flexibility index (Phi) is 9.94. The minimum atomic E-state index is -0.584. The summed E-state index contributed by atoms with van der Waals surface area (Å²) < 4.78 is 16.9. The molecule has 0 saturated carbocycles. The first-order valence-corrected chi connectivity index (χ1v) is 16.1. The van der Waals surface area contributed by atoms with Crippen molar-refractivity contribution in [2.24, 2.45) is 0 Å². The second kappa shape index (κ2) is 14.8. The molecule has 46 heavy (non-hydrogen) atoms. The maximum Gasteiger partial charge on any atom is 0.408 e. The Morgan fingerprint density at radius 3 is 2.02 bits per heavy atom. The summed E-state index contributed by atoms with van der Waals surface area (Å²) in [5, 5.41) is 14.3. The Morgan fingerprint density at radius 2 is 1.35 bits per heavy atom. The quantitative estimate of drug-likeness (QED) is 0.137. The number of carbonyl (C=O) groups is 2. The number of hydrogen-bond acceptors (Lipinski definition) is 8. The topological polar surface area (TPSA) is 116 Å². The number of amides is 2. The van der Waals surface area contributed by atoms with Gasteiger partial charge in [0.25, 0.3) is 5.22 Å². The highest BCUT2D eigenvalue weighted by atomic mass is 32.2. The fourth-order valence-electron chi connectivity index (χ4n) is 5.49. The molecule has 1 heterocycles. The third-order valence-electron chi connectivity index (χ3n) is 7.74. The first kappa shape index (κ1) is 30.9. The lowest BCUT2D eigenvalue weighted by molar-refractivity contribution is 0.134. The molecule has 0 spiro atoms. The van der Waals surface area contributed by atoms with Crippen molar-refractivity contribution in [3.63, 3.8) is 0 Å². The maximum atomic E-state index is 13.1. The van der Waals surface area contributed by atoms with Crippen LogP contribution in [0.15, 0.2) is 119 Å². The number of hydrogen-bond donors (Lipinski definition) is 2. The Hall–Kier alpha value is -5.09. The van der Waals surface area contributed by atoms with Crippen molar-refractivity contribution in [1.82, 2.24) is 20.8 Å². The Labute approximate surface area is 271 Å². The van der Waals surface area contributed by atoms with Crippen LogP contribution in [0.4, 0.5) is 9.59 Å². The Balaban J connectivity index is 1.04. The lowest BCUT2D eigenvalue weighted by atomic mass is 9.98. The molecule has 1 aliphatic carbocycles. The van der Waals surface area contributed by atoms with Crippen LogP contribution in [0.25, 0.3) is 11.1 Å². The number of ether oxygens (including phenoxy) is 2. The normalized spacial score (nSPS) is 13.2. The van der Waals surface area contributed by atoms with E-state index < -0.39 is 18.2 Å². The lowest BCUT2D eigenvalue weighted by Crippen LogP contribution is -2.39. The fourth-order valence-corrected chi connectivity index (χ4v) is 6.27. The van der Waals surface area contributed by atoms with Gasteiger partial charge in [0, 0.05) is 17.7 Å². The molecule has 2 N–H and O–H groups in total. The van der Waals surface area contributed by atoms with E-state index in [2.05, 4.69) is 45.1 Å². The van der Waals surface area contributed by atoms with Gasteiger partial charge in [-0.3, -0.25) is 0 Å². The van der Waals surface area contributed by atoms with Gasteiger partial charge in [-0.1, -0.05) is 121 Å². The van der Waals surface area contributed by atoms with E-state index in [4.69, 9.17) is 13.9 Å². The van der Waals surface area contributed by atoms with E-state index in [1.807, 2.05) is 84.9 Å². The van der Waals surface area contributed by atoms with Gasteiger partial charge in [-0.2, -0.15) is 0 Å². The summed E-state index contributed by atoms with van der Waals surface area (Å²) in [5.74, 6) is 0.688. The predicted octanol–water partition coefficient (Wildman–Crippen LogP) is 7.30. The van der Waals surface area contributed by atoms with Gasteiger partial charge in [-0.25, -0.2) is 9.59 Å². The van der Waals surface area contributed by atoms with Crippen LogP contribution in [0.1, 0.15) is 47.0 Å². The molecule has 9 nitrogen and oxygen atoms in total. The SMILES string of the molecule is C[C@H](NC(=O)OCc1ccccc1)c1nnc(SC[C@H](Cc2ccccc2)NC(=O)OCC2c3ccccc3-c3ccccc32)o1. The van der Waals surface area contributed by atoms with Crippen molar-refractivity contribution in [3.8, 4) is 11.1 Å². The Bertz CT molecular complexity index is 1720. The number of thioether (sulfide) groups is 1. The van der Waals surface area contributed by atoms with Gasteiger partial charge in [0.2, 0.25) is 5.89 Å². The zero-order valence-electron chi connectivity index (χ0n) is 25.3. The average Bonchev–Trinajstić information content (AvgIpc) is 3.69. The van der Waals surface area contributed by atoms with E-state index in [-0.39, 0.29) is 31.1 Å². The van der Waals surface area contributed by atoms with Gasteiger partial charge in [-0.15, -0.1) is 10.2 Å². The lowest BCUT2D eigenvalue weighted by Gasteiger charge is -2.19. The molecule has 6 rings (SSSR count). The molecule has 10 heteroatoms. The highest BCUT2D eigenvalue weighted by Crippen LogP contribution is 2.44. The van der Waals surface area contributed by atoms with Crippen molar-refractivity contribution in [2.75, 3.05) is 12.4 Å². The molecule has 5 aromatic rings. The molecule has 1 aromatic heterocycles. The van der Waals surface area contributed by atoms with Crippen LogP contribution in [0.5, 0.6) is 0 Å². The number of fused-ring (bicyclic) bond motifs is 3. The summed E-state index contributed by atoms with van der Waals surface area (Å²) in [6.07, 6.45) is -0.482. The van der Waals surface area contributed by atoms with E-state index in [0.717, 1.165) is 22.3 Å². The molecule has 4 aromatic carbocycles. The number of carbonyl (C=O) groups excluding carboxylic acids is 2. The largest absolute Gasteiger partial charge is 0.449 e. The molecule has 1 aliphatic rings. The zero-order chi connectivity index (χ0) is 31.7. The van der Waals surface area contributed by atoms with Gasteiger partial charge in [0.1, 0.15) is 19.3 Å². The van der Waals surface area contributed by atoms with Crippen LogP contribution in [0, 0.1) is 0 Å². The molecule has 0 radical (unpaired) electrons. The maximum absolute atomic E-state index is 13.1. The summed E-state index contributed by atoms with van der Waals surface area (Å²) in [4.78, 5) is 25.4. The van der Waals surface area contributed by atoms with Crippen molar-refractivity contribution in [2.45, 2.75) is 43.2 Å². The van der Waals surface area contributed by atoms with Gasteiger partial charge >= 0.3 is 12.2 Å². The van der Waals surface area contributed by atoms with Crippen LogP contribution in [0.2, 0.25) is 0 Å². The molecular formula is C36H34N4O5S. The molecule has 2 amide bonds. The number of benzene rings is 4. The van der Waals surface area contributed by atoms with E-state index in [1.54, 1.807) is 6.92 Å². The first-order chi connectivity index (χ1) is 22.5. The first-order valence-electron chi connectivity index (χ1n) is 15.1. The van der Waals surface area contributed by atoms with Crippen molar-refractivity contribution in [1.29, 1.82) is 0 Å². The summed E-state index contributed by atoms with van der Waals surface area (Å²) in [6.45, 7) is 2.13. The molecule has 0 saturated heterocycles. The summed E-state index contributed by atoms with van der Waals surface area (Å²) in [5.41, 5.74) is 6.64. The summed E-state index contributed by atoms with van der Waals surface area (Å²) in [6, 6.07) is 35.0. The molecule has 0 unspecified atom stereocenters. The summed E-state index contributed by atoms with van der Waals surface area (Å²) >= 11 is 1.32. The molecule has 234 valence electrons. The Morgan fingerprint density at radius 1 is 0.761 bits per heavy atom. The summed E-state index contributed by atoms with van der Waals surface area (Å²) in [7, 11) is 0. The molecule has 0 bridgehead atoms. The molecule has 0 fully saturated rings. The van der Waals surface area contributed by atoms with Crippen LogP contribution in [-0.2, 0) is 22.5 Å². The third kappa shape index (κ3) is 7.76. The van der Waals surface area contributed by atoms with Crippen molar-refractivity contribution < 1.29 is 23.5 Å². The molecule has 2 atom stereocenters. The number of nitrogens with zero attached hydrogens (tertiary/aromatic N) is 2. The number of nitrogens with one attached hydrogen (secondary N) is 2. The molecular weight excluding hydrogens is 600 g/mol. The van der Waals surface area contributed by atoms with Crippen molar-refractivity contribution >= 4 is 23.9 Å². The smallest absolute Gasteiger partial charge is 0.408 e. The van der Waals surface area contributed by atoms with Gasteiger partial charge in [0.15, 0.2) is 0 Å². The van der Waals surface area contributed by atoms with Crippen LogP contribution in [-0.4, -0.2) is 40.8 Å². The second-order valence-electron chi connectivity index (χ2n) is 11.0. The van der Waals surface area contributed by atoms with Crippen LogP contribution in [0.3, 0.4) is 0 Å². The minimum Gasteiger partial charge on any atom is -0.449 e. The average molecular weight is 635 g/mol. The van der Waals surface area contributed by atoms with E-state index in [9.17, 15) is 9.59 Å². The molecule has 0 aliphatic heterocycles. The van der Waals surface area contributed by atoms with E-state index in [0.29, 0.717) is 17.4 Å². The highest BCUT2D eigenvalue weighted by Gasteiger charge is 2.29. The van der Waals surface area contributed by atoms with Gasteiger partial charge in [-0.05, 0) is 46.7 Å². The van der Waals surface area contributed by atoms with Gasteiger partial charge < -0.3 is 24.5 Å². The predicted molar refractivity (Wildman–Crippen MR) is 175 cm³/mol. The zero-order valence-corrected chi connectivity index (χ0v) is 26.1. The number of rotatable bonds is 12. The fraction of sp³-hybridized carbons (Fsp3) is 0.222. The van der Waals surface area contributed by atoms with E-state index >= 15 is 0 Å². The highest BCUT2D eigenvalue weighted by molar-refractivity contribution is 7.99. The van der Waals surface area contributed by atoms with Crippen molar-refractivity contribution in [3.05, 3.63) is 137 Å². The number of alkyl carbamates (subject to hydrolysis) is 2. The van der Waals surface area contributed by atoms with Gasteiger partial charge in [0.05, 0.1) is 0 Å². The monoisotopic (exact) mass is 634 g/mol. The second-order valence-corrected chi connectivity index (χ2v) is 12.0. The van der Waals surface area contributed by atoms with Crippen LogP contribution >= 0.6 is 11.8 Å². The van der Waals surface area contributed by atoms with E-state index in [1.165, 1.54) is 22.9 Å². The standard InChI is InChI=1S/C36H34N4O5S/c1-24(37-34(41)43-21-26-14-6-3-7-15-26)33-39-40-36(45-33)46-23-27(20-25-12-4-2-5-13-25)38-35(42)44-22-32-30-18-10-8-16-28(30)29-17-9-11-19-31(29)32/h2-19,24,27,32H,20-23H2,1H3,(H,37,41)(H,38,42)/t24-,27-/m0/s1. The number of aromatic nitrogens is 2. The third-order valence-corrected chi connectivity index (χ3v) is 8.72. The van der Waals surface area contributed by atoms with Crippen LogP contribution < -0.4 is 10.6 Å².